The van der Waals surface area contributed by atoms with E-state index in [0.29, 0.717) is 0 Å². The molecule has 108 valence electrons. The van der Waals surface area contributed by atoms with Crippen LogP contribution in [0.25, 0.3) is 0 Å². The van der Waals surface area contributed by atoms with E-state index in [-0.39, 0.29) is 0 Å². The lowest BCUT2D eigenvalue weighted by Crippen LogP contribution is -1.58. The number of hydrogen-bond donors (Lipinski definition) is 0. The molecule has 2 aromatic heterocycles. The van der Waals surface area contributed by atoms with Gasteiger partial charge in [0.15, 0.2) is 0 Å². The van der Waals surface area contributed by atoms with E-state index in [9.17, 15) is 0 Å². The summed E-state index contributed by atoms with van der Waals surface area (Å²) in [6.07, 6.45) is 7.00. The third kappa shape index (κ3) is 36.1. The summed E-state index contributed by atoms with van der Waals surface area (Å²) in [6, 6.07) is 11.4. The Kier molecular flexibility index (Phi) is 16.4. The van der Waals surface area contributed by atoms with Crippen LogP contribution in [-0.4, -0.2) is 35.2 Å². The molecule has 0 unspecified atom stereocenters. The molecule has 0 aliphatic carbocycles. The molecule has 0 saturated heterocycles. The van der Waals surface area contributed by atoms with Crippen molar-refractivity contribution in [3.63, 3.8) is 0 Å². The Morgan fingerprint density at radius 2 is 0.650 bits per heavy atom. The first-order valence-corrected chi connectivity index (χ1v) is 6.70. The molecule has 0 bridgehead atoms. The first-order chi connectivity index (χ1) is 9.46. The van der Waals surface area contributed by atoms with Crippen molar-refractivity contribution < 1.29 is 25.3 Å². The quantitative estimate of drug-likeness (QED) is 0.671. The molecule has 2 rings (SSSR count). The number of nitrogens with zero attached hydrogens (tertiary/aromatic N) is 2. The number of pyridine rings is 2. The normalized spacial score (nSPS) is 7.20. The smallest absolute Gasteiger partial charge is 0.265 e. The van der Waals surface area contributed by atoms with Gasteiger partial charge in [-0.25, -0.2) is 0 Å². The van der Waals surface area contributed by atoms with Gasteiger partial charge in [-0.15, -0.1) is 25.3 Å². The second-order valence-corrected chi connectivity index (χ2v) is 3.27. The number of hydrogen-bond acceptors (Lipinski definition) is 8. The average Bonchev–Trinajstić information content (AvgIpc) is 2.42. The van der Waals surface area contributed by atoms with Crippen molar-refractivity contribution in [3.05, 3.63) is 61.2 Å². The molecule has 2 heterocycles. The molecule has 2 aromatic rings. The van der Waals surface area contributed by atoms with Crippen LogP contribution in [0.1, 0.15) is 0 Å². The van der Waals surface area contributed by atoms with E-state index in [1.807, 2.05) is 36.4 Å². The Balaban J connectivity index is 0. The first-order valence-electron chi connectivity index (χ1n) is 4.70. The minimum Gasteiger partial charge on any atom is -0.265 e. The van der Waals surface area contributed by atoms with Gasteiger partial charge in [-0.3, -0.25) is 9.97 Å². The monoisotopic (exact) mass is 318 g/mol. The van der Waals surface area contributed by atoms with Crippen LogP contribution < -0.4 is 0 Å². The highest BCUT2D eigenvalue weighted by molar-refractivity contribution is 7.59. The standard InChI is InChI=1S/2C5H5N.2O3S/c2*1-2-4-6-5-3-1;2*1-4(2)3/h2*1-5H;;. The minimum absolute atomic E-state index is 1.75. The fourth-order valence-corrected chi connectivity index (χ4v) is 0.625. The molecule has 10 heteroatoms. The summed E-state index contributed by atoms with van der Waals surface area (Å²) in [5, 5.41) is 0. The Hall–Kier alpha value is -2.46. The van der Waals surface area contributed by atoms with Gasteiger partial charge in [0.1, 0.15) is 0 Å². The van der Waals surface area contributed by atoms with E-state index >= 15 is 0 Å². The maximum atomic E-state index is 8.44. The van der Waals surface area contributed by atoms with E-state index in [4.69, 9.17) is 25.3 Å². The zero-order valence-electron chi connectivity index (χ0n) is 9.93. The fourth-order valence-electron chi connectivity index (χ4n) is 0.625. The van der Waals surface area contributed by atoms with Gasteiger partial charge in [-0.05, 0) is 24.3 Å². The molecule has 20 heavy (non-hydrogen) atoms. The van der Waals surface area contributed by atoms with Crippen molar-refractivity contribution in [2.75, 3.05) is 0 Å². The van der Waals surface area contributed by atoms with Gasteiger partial charge in [0.05, 0.1) is 0 Å². The maximum Gasteiger partial charge on any atom is 0.425 e. The van der Waals surface area contributed by atoms with E-state index in [0.717, 1.165) is 0 Å². The summed E-state index contributed by atoms with van der Waals surface area (Å²) in [5.74, 6) is 0. The van der Waals surface area contributed by atoms with Crippen molar-refractivity contribution in [1.29, 1.82) is 0 Å². The van der Waals surface area contributed by atoms with Gasteiger partial charge < -0.3 is 0 Å². The lowest BCUT2D eigenvalue weighted by Gasteiger charge is -1.70. The highest BCUT2D eigenvalue weighted by Crippen LogP contribution is 1.74. The molecule has 0 amide bonds. The minimum atomic E-state index is -3.11. The van der Waals surface area contributed by atoms with Gasteiger partial charge in [0.25, 0.3) is 0 Å². The summed E-state index contributed by atoms with van der Waals surface area (Å²) < 4.78 is 50.7. The molecule has 8 nitrogen and oxygen atoms in total. The molecular formula is C10H10N2O6S2. The largest absolute Gasteiger partial charge is 0.425 e. The molecule has 0 spiro atoms. The molecule has 0 aromatic carbocycles. The second-order valence-electron chi connectivity index (χ2n) is 2.46. The summed E-state index contributed by atoms with van der Waals surface area (Å²) in [7, 11) is -6.22. The molecule has 0 radical (unpaired) electrons. The van der Waals surface area contributed by atoms with Crippen molar-refractivity contribution in [3.8, 4) is 0 Å². The molecule has 0 fully saturated rings. The topological polar surface area (TPSA) is 128 Å². The Morgan fingerprint density at radius 3 is 0.700 bits per heavy atom. The lowest BCUT2D eigenvalue weighted by molar-refractivity contribution is 0.557. The predicted octanol–water partition coefficient (Wildman–Crippen LogP) is 0.155. The van der Waals surface area contributed by atoms with Crippen LogP contribution >= 0.6 is 0 Å². The van der Waals surface area contributed by atoms with Crippen LogP contribution in [-0.2, 0) is 21.2 Å². The Bertz CT molecular complexity index is 501. The summed E-state index contributed by atoms with van der Waals surface area (Å²) in [6.45, 7) is 0. The Morgan fingerprint density at radius 1 is 0.450 bits per heavy atom. The third-order valence-corrected chi connectivity index (χ3v) is 1.13. The second kappa shape index (κ2) is 16.5. The van der Waals surface area contributed by atoms with Crippen molar-refractivity contribution in [2.45, 2.75) is 0 Å². The van der Waals surface area contributed by atoms with Crippen LogP contribution in [0.5, 0.6) is 0 Å². The molecular weight excluding hydrogens is 308 g/mol. The zero-order chi connectivity index (χ0) is 15.6. The summed E-state index contributed by atoms with van der Waals surface area (Å²) >= 11 is 0. The zero-order valence-corrected chi connectivity index (χ0v) is 11.6. The average molecular weight is 318 g/mol. The van der Waals surface area contributed by atoms with Crippen molar-refractivity contribution in [1.82, 2.24) is 9.97 Å². The van der Waals surface area contributed by atoms with E-state index < -0.39 is 21.2 Å². The van der Waals surface area contributed by atoms with E-state index in [1.165, 1.54) is 0 Å². The van der Waals surface area contributed by atoms with Gasteiger partial charge in [0.2, 0.25) is 0 Å². The first kappa shape index (κ1) is 19.9. The third-order valence-electron chi connectivity index (χ3n) is 1.13. The highest BCUT2D eigenvalue weighted by atomic mass is 32.2. The van der Waals surface area contributed by atoms with Crippen molar-refractivity contribution in [2.24, 2.45) is 0 Å². The molecule has 0 atom stereocenters. The highest BCUT2D eigenvalue weighted by Gasteiger charge is 1.59. The van der Waals surface area contributed by atoms with Crippen LogP contribution in [0.15, 0.2) is 61.2 Å². The van der Waals surface area contributed by atoms with Crippen LogP contribution in [0.3, 0.4) is 0 Å². The Labute approximate surface area is 118 Å². The van der Waals surface area contributed by atoms with Crippen LogP contribution in [0, 0.1) is 0 Å². The predicted molar refractivity (Wildman–Crippen MR) is 67.9 cm³/mol. The summed E-state index contributed by atoms with van der Waals surface area (Å²) in [4.78, 5) is 7.57. The maximum absolute atomic E-state index is 8.44. The van der Waals surface area contributed by atoms with Crippen molar-refractivity contribution >= 4 is 21.2 Å². The van der Waals surface area contributed by atoms with E-state index in [2.05, 4.69) is 9.97 Å². The van der Waals surface area contributed by atoms with Gasteiger partial charge >= 0.3 is 21.2 Å². The molecule has 0 aliphatic rings. The molecule has 0 saturated carbocycles. The molecule has 0 N–H and O–H groups in total. The number of rotatable bonds is 0. The van der Waals surface area contributed by atoms with Crippen LogP contribution in [0.4, 0.5) is 0 Å². The van der Waals surface area contributed by atoms with E-state index in [1.54, 1.807) is 24.8 Å². The SMILES string of the molecule is O=S(=O)=O.O=S(=O)=O.c1ccncc1.c1ccncc1. The van der Waals surface area contributed by atoms with Crippen LogP contribution in [0.2, 0.25) is 0 Å². The van der Waals surface area contributed by atoms with Gasteiger partial charge in [-0.2, -0.15) is 0 Å². The molecule has 0 aliphatic heterocycles. The fraction of sp³-hybridized carbons (Fsp3) is 0. The lowest BCUT2D eigenvalue weighted by atomic mass is 10.5. The van der Waals surface area contributed by atoms with Gasteiger partial charge in [-0.1, -0.05) is 12.1 Å². The number of aromatic nitrogens is 2. The van der Waals surface area contributed by atoms with Gasteiger partial charge in [0, 0.05) is 24.8 Å². The summed E-state index contributed by atoms with van der Waals surface area (Å²) in [5.41, 5.74) is 0.